The van der Waals surface area contributed by atoms with Crippen LogP contribution >= 0.6 is 0 Å². The average Bonchev–Trinajstić information content (AvgIpc) is 2.48. The van der Waals surface area contributed by atoms with Crippen molar-refractivity contribution in [3.8, 4) is 0 Å². The Hall–Kier alpha value is -2.29. The summed E-state index contributed by atoms with van der Waals surface area (Å²) >= 11 is 0. The maximum Gasteiger partial charge on any atom is 0.416 e. The SMILES string of the molecule is O=C(NC1CN(C(=O)O)CCC1O)c1ccc(C(F)(F)F)cc1. The number of benzene rings is 1. The molecule has 1 aliphatic heterocycles. The number of piperidine rings is 1. The van der Waals surface area contributed by atoms with Gasteiger partial charge in [0, 0.05) is 18.7 Å². The lowest BCUT2D eigenvalue weighted by molar-refractivity contribution is -0.137. The third kappa shape index (κ3) is 4.13. The zero-order chi connectivity index (χ0) is 17.2. The van der Waals surface area contributed by atoms with Crippen LogP contribution in [0.3, 0.4) is 0 Å². The number of nitrogens with zero attached hydrogens (tertiary/aromatic N) is 1. The molecule has 126 valence electrons. The van der Waals surface area contributed by atoms with Crippen LogP contribution in [0.5, 0.6) is 0 Å². The van der Waals surface area contributed by atoms with Gasteiger partial charge in [-0.05, 0) is 30.7 Å². The Labute approximate surface area is 129 Å². The highest BCUT2D eigenvalue weighted by Crippen LogP contribution is 2.29. The van der Waals surface area contributed by atoms with E-state index < -0.39 is 35.9 Å². The van der Waals surface area contributed by atoms with Crippen LogP contribution in [0.15, 0.2) is 24.3 Å². The lowest BCUT2D eigenvalue weighted by Crippen LogP contribution is -2.56. The summed E-state index contributed by atoms with van der Waals surface area (Å²) in [5, 5.41) is 21.2. The molecule has 0 spiro atoms. The third-order valence-corrected chi connectivity index (χ3v) is 3.64. The number of rotatable bonds is 2. The van der Waals surface area contributed by atoms with Crippen molar-refractivity contribution in [2.24, 2.45) is 0 Å². The van der Waals surface area contributed by atoms with Crippen molar-refractivity contribution in [2.75, 3.05) is 13.1 Å². The second-order valence-corrected chi connectivity index (χ2v) is 5.24. The van der Waals surface area contributed by atoms with Crippen LogP contribution in [-0.2, 0) is 6.18 Å². The summed E-state index contributed by atoms with van der Waals surface area (Å²) in [6, 6.07) is 2.82. The molecule has 2 unspecified atom stereocenters. The van der Waals surface area contributed by atoms with E-state index in [1.807, 2.05) is 0 Å². The van der Waals surface area contributed by atoms with Crippen molar-refractivity contribution in [1.82, 2.24) is 10.2 Å². The first-order valence-corrected chi connectivity index (χ1v) is 6.82. The first-order chi connectivity index (χ1) is 10.7. The topological polar surface area (TPSA) is 89.9 Å². The second-order valence-electron chi connectivity index (χ2n) is 5.24. The standard InChI is InChI=1S/C14H15F3N2O4/c15-14(16,17)9-3-1-8(2-4-9)12(21)18-10-7-19(13(22)23)6-5-11(10)20/h1-4,10-11,20H,5-7H2,(H,18,21)(H,22,23). The van der Waals surface area contributed by atoms with Crippen molar-refractivity contribution in [3.63, 3.8) is 0 Å². The Morgan fingerprint density at radius 1 is 1.22 bits per heavy atom. The van der Waals surface area contributed by atoms with E-state index in [1.165, 1.54) is 0 Å². The van der Waals surface area contributed by atoms with Gasteiger partial charge in [-0.3, -0.25) is 4.79 Å². The number of aliphatic hydroxyl groups is 1. The van der Waals surface area contributed by atoms with Crippen LogP contribution in [0.25, 0.3) is 0 Å². The second kappa shape index (κ2) is 6.45. The molecule has 0 aromatic heterocycles. The molecule has 2 rings (SSSR count). The number of carbonyl (C=O) groups excluding carboxylic acids is 1. The number of hydrogen-bond acceptors (Lipinski definition) is 3. The van der Waals surface area contributed by atoms with Gasteiger partial charge in [0.05, 0.1) is 17.7 Å². The Balaban J connectivity index is 2.04. The van der Waals surface area contributed by atoms with Gasteiger partial charge in [-0.15, -0.1) is 0 Å². The van der Waals surface area contributed by atoms with Crippen LogP contribution < -0.4 is 5.32 Å². The molecule has 23 heavy (non-hydrogen) atoms. The number of alkyl halides is 3. The van der Waals surface area contributed by atoms with Gasteiger partial charge in [0.25, 0.3) is 5.91 Å². The summed E-state index contributed by atoms with van der Waals surface area (Å²) in [5.74, 6) is -0.671. The lowest BCUT2D eigenvalue weighted by Gasteiger charge is -2.34. The van der Waals surface area contributed by atoms with Crippen LogP contribution in [0.4, 0.5) is 18.0 Å². The zero-order valence-corrected chi connectivity index (χ0v) is 11.9. The van der Waals surface area contributed by atoms with Crippen LogP contribution in [-0.4, -0.2) is 52.3 Å². The number of likely N-dealkylation sites (tertiary alicyclic amines) is 1. The Morgan fingerprint density at radius 2 is 1.83 bits per heavy atom. The lowest BCUT2D eigenvalue weighted by atomic mass is 10.0. The number of nitrogens with one attached hydrogen (secondary N) is 1. The summed E-state index contributed by atoms with van der Waals surface area (Å²) in [6.45, 7) is 0.0754. The minimum Gasteiger partial charge on any atom is -0.465 e. The van der Waals surface area contributed by atoms with Crippen LogP contribution in [0, 0.1) is 0 Å². The van der Waals surface area contributed by atoms with Gasteiger partial charge in [0.2, 0.25) is 0 Å². The van der Waals surface area contributed by atoms with Crippen molar-refractivity contribution < 1.29 is 33.0 Å². The number of halogens is 3. The fourth-order valence-corrected chi connectivity index (χ4v) is 2.32. The Morgan fingerprint density at radius 3 is 2.35 bits per heavy atom. The van der Waals surface area contributed by atoms with E-state index in [1.54, 1.807) is 0 Å². The minimum absolute atomic E-state index is 0.00218. The maximum atomic E-state index is 12.5. The molecule has 1 aromatic carbocycles. The first-order valence-electron chi connectivity index (χ1n) is 6.82. The van der Waals surface area contributed by atoms with Gasteiger partial charge < -0.3 is 20.4 Å². The molecule has 1 fully saturated rings. The Kier molecular flexibility index (Phi) is 4.79. The van der Waals surface area contributed by atoms with Crippen LogP contribution in [0.1, 0.15) is 22.3 Å². The molecule has 6 nitrogen and oxygen atoms in total. The Bertz CT molecular complexity index is 589. The molecule has 1 aromatic rings. The molecule has 0 aliphatic carbocycles. The highest BCUT2D eigenvalue weighted by molar-refractivity contribution is 5.94. The summed E-state index contributed by atoms with van der Waals surface area (Å²) in [7, 11) is 0. The molecule has 1 aliphatic rings. The van der Waals surface area contributed by atoms with Gasteiger partial charge in [0.1, 0.15) is 0 Å². The molecule has 1 heterocycles. The van der Waals surface area contributed by atoms with E-state index in [-0.39, 0.29) is 25.1 Å². The van der Waals surface area contributed by atoms with Crippen molar-refractivity contribution in [1.29, 1.82) is 0 Å². The molecule has 2 amide bonds. The van der Waals surface area contributed by atoms with Gasteiger partial charge in [-0.2, -0.15) is 13.2 Å². The average molecular weight is 332 g/mol. The third-order valence-electron chi connectivity index (χ3n) is 3.64. The highest BCUT2D eigenvalue weighted by Gasteiger charge is 2.32. The molecule has 3 N–H and O–H groups in total. The van der Waals surface area contributed by atoms with E-state index in [0.29, 0.717) is 0 Å². The number of aliphatic hydroxyl groups excluding tert-OH is 1. The van der Waals surface area contributed by atoms with Gasteiger partial charge in [-0.1, -0.05) is 0 Å². The predicted molar refractivity (Wildman–Crippen MR) is 72.9 cm³/mol. The summed E-state index contributed by atoms with van der Waals surface area (Å²) < 4.78 is 37.4. The van der Waals surface area contributed by atoms with Crippen molar-refractivity contribution in [3.05, 3.63) is 35.4 Å². The molecule has 1 saturated heterocycles. The number of amides is 2. The number of carboxylic acid groups (broad SMARTS) is 1. The fourth-order valence-electron chi connectivity index (χ4n) is 2.32. The highest BCUT2D eigenvalue weighted by atomic mass is 19.4. The van der Waals surface area contributed by atoms with Crippen molar-refractivity contribution in [2.45, 2.75) is 24.7 Å². The van der Waals surface area contributed by atoms with E-state index in [0.717, 1.165) is 29.2 Å². The number of hydrogen-bond donors (Lipinski definition) is 3. The predicted octanol–water partition coefficient (Wildman–Crippen LogP) is 1.55. The molecule has 0 saturated carbocycles. The van der Waals surface area contributed by atoms with Gasteiger partial charge in [-0.25, -0.2) is 4.79 Å². The zero-order valence-electron chi connectivity index (χ0n) is 11.9. The summed E-state index contributed by atoms with van der Waals surface area (Å²) in [6.07, 6.45) is -6.39. The summed E-state index contributed by atoms with van der Waals surface area (Å²) in [5.41, 5.74) is -0.874. The van der Waals surface area contributed by atoms with Gasteiger partial charge >= 0.3 is 12.3 Å². The summed E-state index contributed by atoms with van der Waals surface area (Å²) in [4.78, 5) is 24.0. The van der Waals surface area contributed by atoms with Gasteiger partial charge in [0.15, 0.2) is 0 Å². The fraction of sp³-hybridized carbons (Fsp3) is 0.429. The molecule has 9 heteroatoms. The number of carbonyl (C=O) groups is 2. The normalized spacial score (nSPS) is 21.8. The van der Waals surface area contributed by atoms with E-state index >= 15 is 0 Å². The molecular weight excluding hydrogens is 317 g/mol. The van der Waals surface area contributed by atoms with Crippen molar-refractivity contribution >= 4 is 12.0 Å². The largest absolute Gasteiger partial charge is 0.465 e. The maximum absolute atomic E-state index is 12.5. The monoisotopic (exact) mass is 332 g/mol. The molecule has 0 radical (unpaired) electrons. The molecule has 2 atom stereocenters. The van der Waals surface area contributed by atoms with E-state index in [9.17, 15) is 27.9 Å². The first kappa shape index (κ1) is 17.1. The van der Waals surface area contributed by atoms with E-state index in [4.69, 9.17) is 5.11 Å². The smallest absolute Gasteiger partial charge is 0.416 e. The van der Waals surface area contributed by atoms with Crippen LogP contribution in [0.2, 0.25) is 0 Å². The molecule has 0 bridgehead atoms. The molecular formula is C14H15F3N2O4. The van der Waals surface area contributed by atoms with E-state index in [2.05, 4.69) is 5.32 Å². The minimum atomic E-state index is -4.49. The quantitative estimate of drug-likeness (QED) is 0.766.